The fraction of sp³-hybridized carbons (Fsp3) is 0.231. The summed E-state index contributed by atoms with van der Waals surface area (Å²) < 4.78 is 26.1. The third kappa shape index (κ3) is 3.22. The topological polar surface area (TPSA) is 57.6 Å². The van der Waals surface area contributed by atoms with Crippen LogP contribution in [0.25, 0.3) is 0 Å². The summed E-state index contributed by atoms with van der Waals surface area (Å²) in [5.74, 6) is 0. The van der Waals surface area contributed by atoms with Crippen LogP contribution in [0.5, 0.6) is 0 Å². The van der Waals surface area contributed by atoms with E-state index in [0.717, 1.165) is 11.1 Å². The quantitative estimate of drug-likeness (QED) is 0.919. The first-order chi connectivity index (χ1) is 9.04. The molecular formula is C13H15NO3S2. The summed E-state index contributed by atoms with van der Waals surface area (Å²) in [7, 11) is -1.84. The SMILES string of the molecule is CN(Cc1ccc(CO)cc1)S(=O)(=O)c1cccs1. The lowest BCUT2D eigenvalue weighted by Crippen LogP contribution is -2.25. The molecular weight excluding hydrogens is 282 g/mol. The van der Waals surface area contributed by atoms with E-state index in [4.69, 9.17) is 5.11 Å². The van der Waals surface area contributed by atoms with Crippen molar-refractivity contribution >= 4 is 21.4 Å². The zero-order valence-electron chi connectivity index (χ0n) is 10.5. The number of rotatable bonds is 5. The van der Waals surface area contributed by atoms with Gasteiger partial charge in [0.05, 0.1) is 6.61 Å². The maximum absolute atomic E-state index is 12.2. The molecule has 0 spiro atoms. The molecule has 0 amide bonds. The Hall–Kier alpha value is -1.21. The van der Waals surface area contributed by atoms with Crippen molar-refractivity contribution < 1.29 is 13.5 Å². The Bertz CT molecular complexity index is 618. The lowest BCUT2D eigenvalue weighted by molar-refractivity contribution is 0.282. The van der Waals surface area contributed by atoms with Crippen molar-refractivity contribution in [3.8, 4) is 0 Å². The van der Waals surface area contributed by atoms with E-state index in [2.05, 4.69) is 0 Å². The molecule has 1 heterocycles. The number of hydrogen-bond donors (Lipinski definition) is 1. The number of benzene rings is 1. The van der Waals surface area contributed by atoms with Crippen LogP contribution in [0.3, 0.4) is 0 Å². The highest BCUT2D eigenvalue weighted by molar-refractivity contribution is 7.91. The molecule has 2 aromatic rings. The Morgan fingerprint density at radius 3 is 2.32 bits per heavy atom. The third-order valence-corrected chi connectivity index (χ3v) is 5.95. The fourth-order valence-corrected chi connectivity index (χ4v) is 4.02. The molecule has 102 valence electrons. The molecule has 0 saturated heterocycles. The highest BCUT2D eigenvalue weighted by Crippen LogP contribution is 2.21. The van der Waals surface area contributed by atoms with Crippen molar-refractivity contribution in [2.24, 2.45) is 0 Å². The number of aliphatic hydroxyl groups is 1. The summed E-state index contributed by atoms with van der Waals surface area (Å²) in [6.45, 7) is 0.301. The molecule has 19 heavy (non-hydrogen) atoms. The van der Waals surface area contributed by atoms with Crippen LogP contribution in [0.1, 0.15) is 11.1 Å². The molecule has 1 aromatic carbocycles. The molecule has 4 nitrogen and oxygen atoms in total. The van der Waals surface area contributed by atoms with Gasteiger partial charge in [-0.15, -0.1) is 11.3 Å². The fourth-order valence-electron chi connectivity index (χ4n) is 1.66. The Labute approximate surface area is 117 Å². The molecule has 0 bridgehead atoms. The molecule has 0 atom stereocenters. The maximum atomic E-state index is 12.2. The lowest BCUT2D eigenvalue weighted by Gasteiger charge is -2.16. The van der Waals surface area contributed by atoms with Gasteiger partial charge in [0.1, 0.15) is 4.21 Å². The minimum atomic E-state index is -3.41. The Morgan fingerprint density at radius 1 is 1.16 bits per heavy atom. The van der Waals surface area contributed by atoms with Gasteiger partial charge in [-0.05, 0) is 22.6 Å². The second kappa shape index (κ2) is 5.83. The molecule has 0 aliphatic carbocycles. The highest BCUT2D eigenvalue weighted by Gasteiger charge is 2.21. The monoisotopic (exact) mass is 297 g/mol. The van der Waals surface area contributed by atoms with Crippen molar-refractivity contribution in [1.29, 1.82) is 0 Å². The van der Waals surface area contributed by atoms with Crippen molar-refractivity contribution in [3.63, 3.8) is 0 Å². The van der Waals surface area contributed by atoms with E-state index in [9.17, 15) is 8.42 Å². The highest BCUT2D eigenvalue weighted by atomic mass is 32.2. The molecule has 0 fully saturated rings. The minimum absolute atomic E-state index is 0.0103. The molecule has 6 heteroatoms. The van der Waals surface area contributed by atoms with Gasteiger partial charge in [0.15, 0.2) is 0 Å². The van der Waals surface area contributed by atoms with Crippen LogP contribution >= 0.6 is 11.3 Å². The van der Waals surface area contributed by atoms with E-state index < -0.39 is 10.0 Å². The summed E-state index contributed by atoms with van der Waals surface area (Å²) >= 11 is 1.21. The summed E-state index contributed by atoms with van der Waals surface area (Å²) in [6.07, 6.45) is 0. The average molecular weight is 297 g/mol. The second-order valence-corrected chi connectivity index (χ2v) is 7.39. The number of hydrogen-bond acceptors (Lipinski definition) is 4. The summed E-state index contributed by atoms with van der Waals surface area (Å²) in [4.78, 5) is 0. The van der Waals surface area contributed by atoms with Crippen LogP contribution in [0, 0.1) is 0 Å². The Balaban J connectivity index is 2.14. The maximum Gasteiger partial charge on any atom is 0.252 e. The van der Waals surface area contributed by atoms with Crippen LogP contribution in [0.2, 0.25) is 0 Å². The predicted octanol–water partition coefficient (Wildman–Crippen LogP) is 2.06. The third-order valence-electron chi connectivity index (χ3n) is 2.77. The number of thiophene rings is 1. The molecule has 0 unspecified atom stereocenters. The molecule has 0 radical (unpaired) electrons. The van der Waals surface area contributed by atoms with Crippen LogP contribution < -0.4 is 0 Å². The van der Waals surface area contributed by atoms with E-state index >= 15 is 0 Å². The van der Waals surface area contributed by atoms with Crippen LogP contribution in [-0.2, 0) is 23.2 Å². The number of sulfonamides is 1. The van der Waals surface area contributed by atoms with Gasteiger partial charge < -0.3 is 5.11 Å². The Kier molecular flexibility index (Phi) is 4.36. The Morgan fingerprint density at radius 2 is 1.79 bits per heavy atom. The summed E-state index contributed by atoms with van der Waals surface area (Å²) in [5.41, 5.74) is 1.70. The standard InChI is InChI=1S/C13H15NO3S2/c1-14(19(16,17)13-3-2-8-18-13)9-11-4-6-12(10-15)7-5-11/h2-8,15H,9-10H2,1H3. The molecule has 2 rings (SSSR count). The van der Waals surface area contributed by atoms with Crippen molar-refractivity contribution in [3.05, 3.63) is 52.9 Å². The summed E-state index contributed by atoms with van der Waals surface area (Å²) in [5, 5.41) is 10.7. The van der Waals surface area contributed by atoms with Crippen molar-refractivity contribution in [2.45, 2.75) is 17.4 Å². The van der Waals surface area contributed by atoms with Crippen LogP contribution in [0.4, 0.5) is 0 Å². The molecule has 0 aliphatic rings. The molecule has 0 aliphatic heterocycles. The average Bonchev–Trinajstić information content (AvgIpc) is 2.94. The van der Waals surface area contributed by atoms with Gasteiger partial charge in [-0.25, -0.2) is 8.42 Å². The van der Waals surface area contributed by atoms with E-state index in [1.54, 1.807) is 36.7 Å². The number of nitrogens with zero attached hydrogens (tertiary/aromatic N) is 1. The molecule has 0 saturated carbocycles. The summed E-state index contributed by atoms with van der Waals surface area (Å²) in [6, 6.07) is 10.6. The van der Waals surface area contributed by atoms with Gasteiger partial charge in [0.2, 0.25) is 0 Å². The van der Waals surface area contributed by atoms with Gasteiger partial charge in [-0.1, -0.05) is 30.3 Å². The van der Waals surface area contributed by atoms with Gasteiger partial charge in [0.25, 0.3) is 10.0 Å². The lowest BCUT2D eigenvalue weighted by atomic mass is 10.1. The van der Waals surface area contributed by atoms with Crippen LogP contribution in [-0.4, -0.2) is 24.9 Å². The largest absolute Gasteiger partial charge is 0.392 e. The first-order valence-corrected chi connectivity index (χ1v) is 8.04. The zero-order chi connectivity index (χ0) is 13.9. The van der Waals surface area contributed by atoms with Crippen LogP contribution in [0.15, 0.2) is 46.0 Å². The van der Waals surface area contributed by atoms with E-state index in [1.807, 2.05) is 12.1 Å². The number of aliphatic hydroxyl groups excluding tert-OH is 1. The van der Waals surface area contributed by atoms with Gasteiger partial charge in [-0.2, -0.15) is 4.31 Å². The van der Waals surface area contributed by atoms with Gasteiger partial charge >= 0.3 is 0 Å². The van der Waals surface area contributed by atoms with Crippen molar-refractivity contribution in [2.75, 3.05) is 7.05 Å². The zero-order valence-corrected chi connectivity index (χ0v) is 12.1. The van der Waals surface area contributed by atoms with Gasteiger partial charge in [0, 0.05) is 13.6 Å². The van der Waals surface area contributed by atoms with E-state index in [1.165, 1.54) is 15.6 Å². The second-order valence-electron chi connectivity index (χ2n) is 4.17. The molecule has 1 aromatic heterocycles. The first-order valence-electron chi connectivity index (χ1n) is 5.72. The minimum Gasteiger partial charge on any atom is -0.392 e. The van der Waals surface area contributed by atoms with Gasteiger partial charge in [-0.3, -0.25) is 0 Å². The van der Waals surface area contributed by atoms with Crippen molar-refractivity contribution in [1.82, 2.24) is 4.31 Å². The predicted molar refractivity (Wildman–Crippen MR) is 75.3 cm³/mol. The smallest absolute Gasteiger partial charge is 0.252 e. The normalized spacial score (nSPS) is 11.9. The molecule has 1 N–H and O–H groups in total. The first kappa shape index (κ1) is 14.2. The van der Waals surface area contributed by atoms with E-state index in [-0.39, 0.29) is 6.61 Å². The van der Waals surface area contributed by atoms with E-state index in [0.29, 0.717) is 10.8 Å².